The highest BCUT2D eigenvalue weighted by atomic mass is 28.4. The molecule has 1 N–H and O–H groups in total. The van der Waals surface area contributed by atoms with E-state index in [2.05, 4.69) is 33.9 Å². The molecule has 1 aliphatic heterocycles. The molecule has 0 aromatic carbocycles. The molecule has 29 heavy (non-hydrogen) atoms. The number of hydrogen-bond donors (Lipinski definition) is 1. The third kappa shape index (κ3) is 6.57. The SMILES string of the molecule is CC(=O)O[C@@H]1[C@H](O[Si](C)(C)C(C)(C)C)C(F)C(O)O[C@@H]1CO[Si](C)(C)C(C)(C)C. The normalized spacial score (nSPS) is 29.6. The molecule has 0 spiro atoms. The molecule has 1 saturated heterocycles. The number of aliphatic hydroxyl groups excluding tert-OH is 1. The molecular weight excluding hydrogens is 411 g/mol. The molecule has 6 nitrogen and oxygen atoms in total. The number of carbonyl (C=O) groups is 1. The van der Waals surface area contributed by atoms with Gasteiger partial charge in [0, 0.05) is 6.92 Å². The van der Waals surface area contributed by atoms with Gasteiger partial charge in [0.15, 0.2) is 35.2 Å². The van der Waals surface area contributed by atoms with E-state index in [0.717, 1.165) is 0 Å². The Morgan fingerprint density at radius 1 is 1.00 bits per heavy atom. The fourth-order valence-electron chi connectivity index (χ4n) is 2.51. The Balaban J connectivity index is 3.17. The van der Waals surface area contributed by atoms with Crippen LogP contribution in [0.15, 0.2) is 0 Å². The third-order valence-electron chi connectivity index (χ3n) is 6.54. The van der Waals surface area contributed by atoms with Gasteiger partial charge in [-0.25, -0.2) is 4.39 Å². The summed E-state index contributed by atoms with van der Waals surface area (Å²) in [5, 5.41) is 10.0. The molecule has 0 saturated carbocycles. The fraction of sp³-hybridized carbons (Fsp3) is 0.950. The van der Waals surface area contributed by atoms with Crippen LogP contribution in [0.5, 0.6) is 0 Å². The van der Waals surface area contributed by atoms with E-state index in [-0.39, 0.29) is 16.7 Å². The van der Waals surface area contributed by atoms with Gasteiger partial charge in [-0.05, 0) is 36.3 Å². The lowest BCUT2D eigenvalue weighted by Gasteiger charge is -2.47. The van der Waals surface area contributed by atoms with E-state index in [9.17, 15) is 14.3 Å². The molecule has 0 radical (unpaired) electrons. The first-order valence-electron chi connectivity index (χ1n) is 10.3. The monoisotopic (exact) mass is 452 g/mol. The molecule has 0 amide bonds. The summed E-state index contributed by atoms with van der Waals surface area (Å²) in [6, 6.07) is 0. The Bertz CT molecular complexity index is 570. The molecule has 0 aromatic rings. The fourth-order valence-corrected chi connectivity index (χ4v) is 4.82. The summed E-state index contributed by atoms with van der Waals surface area (Å²) in [5.41, 5.74) is 0. The predicted molar refractivity (Wildman–Crippen MR) is 117 cm³/mol. The smallest absolute Gasteiger partial charge is 0.303 e. The second kappa shape index (κ2) is 9.04. The average molecular weight is 453 g/mol. The largest absolute Gasteiger partial charge is 0.457 e. The van der Waals surface area contributed by atoms with Crippen molar-refractivity contribution < 1.29 is 32.6 Å². The topological polar surface area (TPSA) is 74.2 Å². The second-order valence-electron chi connectivity index (χ2n) is 11.0. The molecule has 2 unspecified atom stereocenters. The summed E-state index contributed by atoms with van der Waals surface area (Å²) in [6.45, 7) is 22.0. The van der Waals surface area contributed by atoms with Crippen LogP contribution in [0.2, 0.25) is 36.3 Å². The minimum absolute atomic E-state index is 0.0309. The molecule has 0 aliphatic carbocycles. The summed E-state index contributed by atoms with van der Waals surface area (Å²) in [7, 11) is -4.53. The van der Waals surface area contributed by atoms with Crippen molar-refractivity contribution in [2.24, 2.45) is 0 Å². The van der Waals surface area contributed by atoms with Crippen molar-refractivity contribution >= 4 is 22.6 Å². The van der Waals surface area contributed by atoms with E-state index in [4.69, 9.17) is 18.3 Å². The molecule has 1 fully saturated rings. The number of ether oxygens (including phenoxy) is 2. The summed E-state index contributed by atoms with van der Waals surface area (Å²) in [5.74, 6) is -0.552. The lowest BCUT2D eigenvalue weighted by molar-refractivity contribution is -0.271. The maximum Gasteiger partial charge on any atom is 0.303 e. The van der Waals surface area contributed by atoms with Crippen molar-refractivity contribution in [1.29, 1.82) is 0 Å². The minimum Gasteiger partial charge on any atom is -0.457 e. The Kier molecular flexibility index (Phi) is 8.32. The maximum absolute atomic E-state index is 15.0. The molecule has 0 aromatic heterocycles. The summed E-state index contributed by atoms with van der Waals surface area (Å²) >= 11 is 0. The van der Waals surface area contributed by atoms with Crippen LogP contribution in [0.3, 0.4) is 0 Å². The zero-order chi connectivity index (χ0) is 23.0. The first-order chi connectivity index (χ1) is 12.8. The van der Waals surface area contributed by atoms with Gasteiger partial charge in [-0.15, -0.1) is 0 Å². The van der Waals surface area contributed by atoms with Gasteiger partial charge in [-0.3, -0.25) is 4.79 Å². The molecule has 1 aliphatic rings. The van der Waals surface area contributed by atoms with Gasteiger partial charge in [-0.2, -0.15) is 0 Å². The van der Waals surface area contributed by atoms with E-state index in [0.29, 0.717) is 0 Å². The average Bonchev–Trinajstić information content (AvgIpc) is 2.50. The number of rotatable bonds is 6. The number of aliphatic hydroxyl groups is 1. The first-order valence-corrected chi connectivity index (χ1v) is 16.1. The quantitative estimate of drug-likeness (QED) is 0.476. The van der Waals surface area contributed by atoms with Crippen molar-refractivity contribution in [2.75, 3.05) is 6.61 Å². The standard InChI is InChI=1S/C20H41FO6Si2/c1-13(22)25-16-14(12-24-28(8,9)19(2,3)4)26-18(23)15(21)17(16)27-29(10,11)20(5,6)7/h14-18,23H,12H2,1-11H3/t14-,15?,16+,17-,18?/m1/s1. The van der Waals surface area contributed by atoms with E-state index in [1.54, 1.807) is 0 Å². The molecule has 1 rings (SSSR count). The molecular formula is C20H41FO6Si2. The highest BCUT2D eigenvalue weighted by Gasteiger charge is 2.53. The van der Waals surface area contributed by atoms with Crippen LogP contribution in [0.25, 0.3) is 0 Å². The van der Waals surface area contributed by atoms with Gasteiger partial charge in [0.25, 0.3) is 0 Å². The molecule has 172 valence electrons. The molecule has 0 bridgehead atoms. The van der Waals surface area contributed by atoms with Crippen LogP contribution in [0, 0.1) is 0 Å². The van der Waals surface area contributed by atoms with Gasteiger partial charge in [-0.1, -0.05) is 41.5 Å². The van der Waals surface area contributed by atoms with Crippen LogP contribution in [-0.4, -0.2) is 65.1 Å². The van der Waals surface area contributed by atoms with Crippen LogP contribution in [-0.2, 0) is 23.1 Å². The number of alkyl halides is 1. The van der Waals surface area contributed by atoms with E-state index in [1.807, 2.05) is 33.9 Å². The van der Waals surface area contributed by atoms with E-state index in [1.165, 1.54) is 6.92 Å². The minimum atomic E-state index is -2.41. The lowest BCUT2D eigenvalue weighted by atomic mass is 10.00. The molecule has 1 heterocycles. The Labute approximate surface area is 177 Å². The van der Waals surface area contributed by atoms with Crippen LogP contribution in [0.1, 0.15) is 48.5 Å². The first kappa shape index (κ1) is 26.7. The Hall–Kier alpha value is -0.326. The van der Waals surface area contributed by atoms with Crippen molar-refractivity contribution in [2.45, 2.75) is 116 Å². The van der Waals surface area contributed by atoms with Crippen LogP contribution in [0.4, 0.5) is 4.39 Å². The number of halogens is 1. The van der Waals surface area contributed by atoms with Crippen LogP contribution < -0.4 is 0 Å². The maximum atomic E-state index is 15.0. The Morgan fingerprint density at radius 2 is 1.48 bits per heavy atom. The predicted octanol–water partition coefficient (Wildman–Crippen LogP) is 4.39. The highest BCUT2D eigenvalue weighted by molar-refractivity contribution is 6.74. The van der Waals surface area contributed by atoms with Gasteiger partial charge in [0.2, 0.25) is 0 Å². The van der Waals surface area contributed by atoms with Gasteiger partial charge in [0.1, 0.15) is 12.2 Å². The molecule has 9 heteroatoms. The van der Waals surface area contributed by atoms with E-state index < -0.39 is 53.4 Å². The zero-order valence-electron chi connectivity index (χ0n) is 20.0. The second-order valence-corrected chi connectivity index (χ2v) is 20.6. The summed E-state index contributed by atoms with van der Waals surface area (Å²) in [6.07, 6.45) is -6.41. The third-order valence-corrected chi connectivity index (χ3v) is 15.5. The van der Waals surface area contributed by atoms with Crippen molar-refractivity contribution in [3.05, 3.63) is 0 Å². The number of esters is 1. The van der Waals surface area contributed by atoms with Gasteiger partial charge >= 0.3 is 5.97 Å². The Morgan fingerprint density at radius 3 is 1.90 bits per heavy atom. The zero-order valence-corrected chi connectivity index (χ0v) is 22.0. The van der Waals surface area contributed by atoms with Crippen molar-refractivity contribution in [3.63, 3.8) is 0 Å². The van der Waals surface area contributed by atoms with Crippen molar-refractivity contribution in [1.82, 2.24) is 0 Å². The van der Waals surface area contributed by atoms with Gasteiger partial charge in [0.05, 0.1) is 6.61 Å². The summed E-state index contributed by atoms with van der Waals surface area (Å²) in [4.78, 5) is 11.8. The van der Waals surface area contributed by atoms with Gasteiger partial charge < -0.3 is 23.4 Å². The van der Waals surface area contributed by atoms with Crippen molar-refractivity contribution in [3.8, 4) is 0 Å². The highest BCUT2D eigenvalue weighted by Crippen LogP contribution is 2.41. The summed E-state index contributed by atoms with van der Waals surface area (Å²) < 4.78 is 38.4. The lowest BCUT2D eigenvalue weighted by Crippen LogP contribution is -2.63. The van der Waals surface area contributed by atoms with Crippen LogP contribution >= 0.6 is 0 Å². The molecule has 5 atom stereocenters. The number of hydrogen-bond acceptors (Lipinski definition) is 6. The number of carbonyl (C=O) groups excluding carboxylic acids is 1. The van der Waals surface area contributed by atoms with E-state index >= 15 is 0 Å².